The Hall–Kier alpha value is -0.860. The molecular formula is C13H23NO2. The summed E-state index contributed by atoms with van der Waals surface area (Å²) >= 11 is 0. The maximum absolute atomic E-state index is 11.7. The molecule has 1 amide bonds. The van der Waals surface area contributed by atoms with Crippen LogP contribution in [0.25, 0.3) is 0 Å². The van der Waals surface area contributed by atoms with Crippen molar-refractivity contribution in [1.29, 1.82) is 0 Å². The Morgan fingerprint density at radius 1 is 1.44 bits per heavy atom. The van der Waals surface area contributed by atoms with E-state index in [1.54, 1.807) is 6.92 Å². The van der Waals surface area contributed by atoms with E-state index < -0.39 is 0 Å². The highest BCUT2D eigenvalue weighted by Crippen LogP contribution is 2.34. The third-order valence-corrected chi connectivity index (χ3v) is 3.40. The molecule has 0 aromatic heterocycles. The third-order valence-electron chi connectivity index (χ3n) is 3.40. The highest BCUT2D eigenvalue weighted by molar-refractivity contribution is 5.79. The Balaban J connectivity index is 2.40. The average Bonchev–Trinajstić information content (AvgIpc) is 2.46. The van der Waals surface area contributed by atoms with E-state index in [0.717, 1.165) is 19.5 Å². The van der Waals surface area contributed by atoms with Crippen LogP contribution >= 0.6 is 0 Å². The van der Waals surface area contributed by atoms with Gasteiger partial charge in [-0.25, -0.2) is 0 Å². The number of amides is 1. The summed E-state index contributed by atoms with van der Waals surface area (Å²) in [7, 11) is 0. The van der Waals surface area contributed by atoms with E-state index >= 15 is 0 Å². The van der Waals surface area contributed by atoms with E-state index in [0.29, 0.717) is 18.8 Å². The molecule has 1 aliphatic rings. The van der Waals surface area contributed by atoms with Crippen LogP contribution in [0.1, 0.15) is 47.0 Å². The van der Waals surface area contributed by atoms with E-state index in [-0.39, 0.29) is 17.1 Å². The van der Waals surface area contributed by atoms with Crippen LogP contribution in [-0.2, 0) is 9.59 Å². The van der Waals surface area contributed by atoms with Crippen molar-refractivity contribution < 1.29 is 9.59 Å². The van der Waals surface area contributed by atoms with Gasteiger partial charge in [0.15, 0.2) is 0 Å². The number of ketones is 1. The highest BCUT2D eigenvalue weighted by Gasteiger charge is 2.36. The fraction of sp³-hybridized carbons (Fsp3) is 0.846. The zero-order valence-corrected chi connectivity index (χ0v) is 10.9. The number of hydrogen-bond donors (Lipinski definition) is 0. The molecule has 0 bridgehead atoms. The molecule has 1 atom stereocenters. The monoisotopic (exact) mass is 225 g/mol. The summed E-state index contributed by atoms with van der Waals surface area (Å²) in [6.07, 6.45) is 2.06. The first kappa shape index (κ1) is 13.2. The van der Waals surface area contributed by atoms with E-state index in [4.69, 9.17) is 0 Å². The number of hydrogen-bond acceptors (Lipinski definition) is 2. The lowest BCUT2D eigenvalue weighted by Crippen LogP contribution is -2.28. The van der Waals surface area contributed by atoms with Crippen LogP contribution in [0, 0.1) is 11.3 Å². The highest BCUT2D eigenvalue weighted by atomic mass is 16.2. The van der Waals surface area contributed by atoms with Gasteiger partial charge in [0.2, 0.25) is 5.91 Å². The Morgan fingerprint density at radius 3 is 2.50 bits per heavy atom. The second-order valence-electron chi connectivity index (χ2n) is 5.91. The largest absolute Gasteiger partial charge is 0.342 e. The summed E-state index contributed by atoms with van der Waals surface area (Å²) in [4.78, 5) is 24.5. The molecule has 1 heterocycles. The van der Waals surface area contributed by atoms with Crippen molar-refractivity contribution >= 4 is 11.7 Å². The molecule has 3 nitrogen and oxygen atoms in total. The van der Waals surface area contributed by atoms with Crippen LogP contribution in [0.15, 0.2) is 0 Å². The predicted molar refractivity (Wildman–Crippen MR) is 64.1 cm³/mol. The molecule has 92 valence electrons. The smallest absolute Gasteiger partial charge is 0.222 e. The summed E-state index contributed by atoms with van der Waals surface area (Å²) in [6.45, 7) is 9.76. The van der Waals surface area contributed by atoms with Gasteiger partial charge in [0.05, 0.1) is 0 Å². The maximum atomic E-state index is 11.7. The van der Waals surface area contributed by atoms with Crippen LogP contribution in [0.4, 0.5) is 0 Å². The minimum Gasteiger partial charge on any atom is -0.342 e. The van der Waals surface area contributed by atoms with Crippen molar-refractivity contribution in [3.63, 3.8) is 0 Å². The summed E-state index contributed by atoms with van der Waals surface area (Å²) in [5.41, 5.74) is 0.199. The van der Waals surface area contributed by atoms with E-state index in [9.17, 15) is 9.59 Å². The summed E-state index contributed by atoms with van der Waals surface area (Å²) in [5.74, 6) is 0.917. The van der Waals surface area contributed by atoms with Crippen LogP contribution in [0.3, 0.4) is 0 Å². The minimum atomic E-state index is 0.199. The molecule has 1 fully saturated rings. The molecule has 0 aliphatic carbocycles. The minimum absolute atomic E-state index is 0.199. The standard InChI is InChI=1S/C13H23NO2/c1-10(15)6-5-7-14-9-11(8-12(14)16)13(2,3)4/h11H,5-9H2,1-4H3. The molecule has 1 rings (SSSR count). The SMILES string of the molecule is CC(=O)CCCN1CC(C(C)(C)C)CC1=O. The second-order valence-corrected chi connectivity index (χ2v) is 5.91. The van der Waals surface area contributed by atoms with Crippen molar-refractivity contribution in [3.05, 3.63) is 0 Å². The zero-order chi connectivity index (χ0) is 12.3. The van der Waals surface area contributed by atoms with E-state index in [2.05, 4.69) is 20.8 Å². The third kappa shape index (κ3) is 3.62. The topological polar surface area (TPSA) is 37.4 Å². The summed E-state index contributed by atoms with van der Waals surface area (Å²) in [6, 6.07) is 0. The van der Waals surface area contributed by atoms with Crippen molar-refractivity contribution in [1.82, 2.24) is 4.90 Å². The van der Waals surface area contributed by atoms with Gasteiger partial charge in [0, 0.05) is 25.9 Å². The quantitative estimate of drug-likeness (QED) is 0.736. The van der Waals surface area contributed by atoms with Crippen LogP contribution in [-0.4, -0.2) is 29.7 Å². The first-order chi connectivity index (χ1) is 7.30. The van der Waals surface area contributed by atoms with Gasteiger partial charge in [-0.1, -0.05) is 20.8 Å². The van der Waals surface area contributed by atoms with Gasteiger partial charge < -0.3 is 9.69 Å². The molecule has 0 aromatic carbocycles. The van der Waals surface area contributed by atoms with Crippen LogP contribution in [0.2, 0.25) is 0 Å². The zero-order valence-electron chi connectivity index (χ0n) is 10.9. The molecule has 0 saturated carbocycles. The van der Waals surface area contributed by atoms with Gasteiger partial charge in [0.1, 0.15) is 5.78 Å². The fourth-order valence-electron chi connectivity index (χ4n) is 2.09. The molecule has 1 aliphatic heterocycles. The molecule has 0 radical (unpaired) electrons. The number of nitrogens with zero attached hydrogens (tertiary/aromatic N) is 1. The molecule has 0 spiro atoms. The molecule has 0 N–H and O–H groups in total. The van der Waals surface area contributed by atoms with Crippen LogP contribution < -0.4 is 0 Å². The maximum Gasteiger partial charge on any atom is 0.222 e. The first-order valence-electron chi connectivity index (χ1n) is 6.08. The number of likely N-dealkylation sites (tertiary alicyclic amines) is 1. The number of Topliss-reactive ketones (excluding diaryl/α,β-unsaturated/α-hetero) is 1. The molecule has 1 saturated heterocycles. The summed E-state index contributed by atoms with van der Waals surface area (Å²) < 4.78 is 0. The normalized spacial score (nSPS) is 21.6. The van der Waals surface area contributed by atoms with Gasteiger partial charge >= 0.3 is 0 Å². The van der Waals surface area contributed by atoms with Gasteiger partial charge in [0.25, 0.3) is 0 Å². The Labute approximate surface area is 98.2 Å². The van der Waals surface area contributed by atoms with E-state index in [1.807, 2.05) is 4.90 Å². The predicted octanol–water partition coefficient (Wildman–Crippen LogP) is 2.25. The Morgan fingerprint density at radius 2 is 2.06 bits per heavy atom. The average molecular weight is 225 g/mol. The fourth-order valence-corrected chi connectivity index (χ4v) is 2.09. The molecule has 16 heavy (non-hydrogen) atoms. The van der Waals surface area contributed by atoms with Gasteiger partial charge in [-0.2, -0.15) is 0 Å². The summed E-state index contributed by atoms with van der Waals surface area (Å²) in [5, 5.41) is 0. The molecule has 0 aromatic rings. The Kier molecular flexibility index (Phi) is 4.11. The molecule has 1 unspecified atom stereocenters. The van der Waals surface area contributed by atoms with Crippen molar-refractivity contribution in [2.24, 2.45) is 11.3 Å². The first-order valence-corrected chi connectivity index (χ1v) is 6.08. The van der Waals surface area contributed by atoms with Crippen LogP contribution in [0.5, 0.6) is 0 Å². The van der Waals surface area contributed by atoms with E-state index in [1.165, 1.54) is 0 Å². The van der Waals surface area contributed by atoms with Gasteiger partial charge in [-0.15, -0.1) is 0 Å². The number of rotatable bonds is 4. The van der Waals surface area contributed by atoms with Crippen molar-refractivity contribution in [2.75, 3.05) is 13.1 Å². The van der Waals surface area contributed by atoms with Gasteiger partial charge in [-0.05, 0) is 24.7 Å². The van der Waals surface area contributed by atoms with Crippen molar-refractivity contribution in [3.8, 4) is 0 Å². The lowest BCUT2D eigenvalue weighted by atomic mass is 9.80. The lowest BCUT2D eigenvalue weighted by molar-refractivity contribution is -0.128. The Bertz CT molecular complexity index is 278. The number of carbonyl (C=O) groups excluding carboxylic acids is 2. The van der Waals surface area contributed by atoms with Gasteiger partial charge in [-0.3, -0.25) is 4.79 Å². The number of carbonyl (C=O) groups is 2. The molecule has 3 heteroatoms. The van der Waals surface area contributed by atoms with Crippen molar-refractivity contribution in [2.45, 2.75) is 47.0 Å². The lowest BCUT2D eigenvalue weighted by Gasteiger charge is -2.26. The second kappa shape index (κ2) is 4.98. The molecular weight excluding hydrogens is 202 g/mol.